The Labute approximate surface area is 120 Å². The van der Waals surface area contributed by atoms with Gasteiger partial charge in [-0.1, -0.05) is 23.2 Å². The first-order valence-electron chi connectivity index (χ1n) is 5.42. The first-order chi connectivity index (χ1) is 8.27. The molecule has 18 heavy (non-hydrogen) atoms. The molecule has 1 aromatic rings. The number of methoxy groups -OCH3 is 1. The van der Waals surface area contributed by atoms with Gasteiger partial charge in [0.2, 0.25) is 0 Å². The lowest BCUT2D eigenvalue weighted by molar-refractivity contribution is 0.00645. The van der Waals surface area contributed by atoms with Crippen molar-refractivity contribution in [1.82, 2.24) is 0 Å². The fourth-order valence-electron chi connectivity index (χ4n) is 1.23. The van der Waals surface area contributed by atoms with Gasteiger partial charge in [-0.3, -0.25) is 4.21 Å². The summed E-state index contributed by atoms with van der Waals surface area (Å²) in [6, 6.07) is 4.59. The maximum Gasteiger partial charge on any atom is 0.0782 e. The maximum absolute atomic E-state index is 12.2. The molecule has 0 radical (unpaired) electrons. The molecule has 6 heteroatoms. The Morgan fingerprint density at radius 3 is 2.50 bits per heavy atom. The van der Waals surface area contributed by atoms with Crippen molar-refractivity contribution >= 4 is 34.0 Å². The topological polar surface area (TPSA) is 52.3 Å². The van der Waals surface area contributed by atoms with Crippen molar-refractivity contribution in [1.29, 1.82) is 0 Å². The standard InChI is InChI=1S/C12H17Cl2NO2S/c1-12(2,17-3)11(15)7-18(16)8-4-5-9(13)10(14)6-8/h4-6,11H,7,15H2,1-3H3. The SMILES string of the molecule is COC(C)(C)C(N)CS(=O)c1ccc(Cl)c(Cl)c1. The predicted molar refractivity (Wildman–Crippen MR) is 76.8 cm³/mol. The largest absolute Gasteiger partial charge is 0.377 e. The highest BCUT2D eigenvalue weighted by Gasteiger charge is 2.27. The first-order valence-corrected chi connectivity index (χ1v) is 7.49. The predicted octanol–water partition coefficient (Wildman–Crippen LogP) is 2.85. The van der Waals surface area contributed by atoms with Crippen molar-refractivity contribution in [2.75, 3.05) is 12.9 Å². The molecule has 0 aliphatic rings. The molecule has 0 saturated heterocycles. The second kappa shape index (κ2) is 6.35. The summed E-state index contributed by atoms with van der Waals surface area (Å²) < 4.78 is 17.4. The maximum atomic E-state index is 12.2. The average molecular weight is 310 g/mol. The molecule has 0 saturated carbocycles. The van der Waals surface area contributed by atoms with Crippen LogP contribution < -0.4 is 5.73 Å². The molecular weight excluding hydrogens is 293 g/mol. The van der Waals surface area contributed by atoms with Crippen molar-refractivity contribution < 1.29 is 8.95 Å². The van der Waals surface area contributed by atoms with E-state index in [1.807, 2.05) is 13.8 Å². The molecule has 0 aromatic heterocycles. The lowest BCUT2D eigenvalue weighted by Crippen LogP contribution is -2.48. The number of benzene rings is 1. The van der Waals surface area contributed by atoms with E-state index in [1.165, 1.54) is 0 Å². The molecule has 2 unspecified atom stereocenters. The second-order valence-corrected chi connectivity index (χ2v) is 6.81. The fourth-order valence-corrected chi connectivity index (χ4v) is 2.98. The highest BCUT2D eigenvalue weighted by Crippen LogP contribution is 2.25. The van der Waals surface area contributed by atoms with Gasteiger partial charge in [-0.05, 0) is 32.0 Å². The summed E-state index contributed by atoms with van der Waals surface area (Å²) in [5.41, 5.74) is 5.47. The summed E-state index contributed by atoms with van der Waals surface area (Å²) in [5.74, 6) is 0.304. The molecule has 0 fully saturated rings. The van der Waals surface area contributed by atoms with Gasteiger partial charge >= 0.3 is 0 Å². The highest BCUT2D eigenvalue weighted by atomic mass is 35.5. The van der Waals surface area contributed by atoms with Crippen molar-refractivity contribution in [3.05, 3.63) is 28.2 Å². The molecule has 102 valence electrons. The number of halogens is 2. The van der Waals surface area contributed by atoms with Crippen LogP contribution in [0.2, 0.25) is 10.0 Å². The van der Waals surface area contributed by atoms with Gasteiger partial charge in [0.1, 0.15) is 0 Å². The van der Waals surface area contributed by atoms with Crippen LogP contribution in [0.25, 0.3) is 0 Å². The van der Waals surface area contributed by atoms with Crippen LogP contribution in [0.3, 0.4) is 0 Å². The van der Waals surface area contributed by atoms with E-state index in [-0.39, 0.29) is 6.04 Å². The number of nitrogens with two attached hydrogens (primary N) is 1. The van der Waals surface area contributed by atoms with Gasteiger partial charge in [0.25, 0.3) is 0 Å². The second-order valence-electron chi connectivity index (χ2n) is 4.50. The van der Waals surface area contributed by atoms with E-state index in [9.17, 15) is 4.21 Å². The lowest BCUT2D eigenvalue weighted by atomic mass is 10.0. The van der Waals surface area contributed by atoms with Gasteiger partial charge in [0, 0.05) is 23.8 Å². The third-order valence-electron chi connectivity index (χ3n) is 2.90. The number of rotatable bonds is 5. The van der Waals surface area contributed by atoms with Crippen LogP contribution in [-0.4, -0.2) is 28.7 Å². The van der Waals surface area contributed by atoms with Gasteiger partial charge in [-0.15, -0.1) is 0 Å². The Bertz CT molecular complexity index is 452. The van der Waals surface area contributed by atoms with E-state index in [1.54, 1.807) is 25.3 Å². The highest BCUT2D eigenvalue weighted by molar-refractivity contribution is 7.85. The van der Waals surface area contributed by atoms with E-state index in [2.05, 4.69) is 0 Å². The summed E-state index contributed by atoms with van der Waals surface area (Å²) >= 11 is 11.7. The minimum absolute atomic E-state index is 0.304. The molecule has 2 atom stereocenters. The molecule has 0 heterocycles. The summed E-state index contributed by atoms with van der Waals surface area (Å²) in [5, 5.41) is 0.834. The monoisotopic (exact) mass is 309 g/mol. The molecule has 1 aromatic carbocycles. The third-order valence-corrected chi connectivity index (χ3v) is 5.08. The Balaban J connectivity index is 2.80. The smallest absolute Gasteiger partial charge is 0.0782 e. The molecule has 1 rings (SSSR count). The van der Waals surface area contributed by atoms with Gasteiger partial charge in [0.05, 0.1) is 26.4 Å². The Morgan fingerprint density at radius 1 is 1.39 bits per heavy atom. The number of ether oxygens (including phenoxy) is 1. The first kappa shape index (κ1) is 15.9. The quantitative estimate of drug-likeness (QED) is 0.910. The van der Waals surface area contributed by atoms with Crippen LogP contribution in [0.1, 0.15) is 13.8 Å². The van der Waals surface area contributed by atoms with Gasteiger partial charge < -0.3 is 10.5 Å². The molecule has 2 N–H and O–H groups in total. The zero-order valence-corrected chi connectivity index (χ0v) is 12.9. The zero-order valence-electron chi connectivity index (χ0n) is 10.6. The van der Waals surface area contributed by atoms with E-state index >= 15 is 0 Å². The van der Waals surface area contributed by atoms with Crippen LogP contribution in [0, 0.1) is 0 Å². The molecule has 3 nitrogen and oxygen atoms in total. The third kappa shape index (κ3) is 3.93. The summed E-state index contributed by atoms with van der Waals surface area (Å²) in [7, 11) is 0.357. The Kier molecular flexibility index (Phi) is 5.62. The number of hydrogen-bond donors (Lipinski definition) is 1. The summed E-state index contributed by atoms with van der Waals surface area (Å²) in [6.45, 7) is 3.73. The Morgan fingerprint density at radius 2 is 2.00 bits per heavy atom. The van der Waals surface area contributed by atoms with Gasteiger partial charge in [-0.25, -0.2) is 0 Å². The van der Waals surface area contributed by atoms with Gasteiger partial charge in [-0.2, -0.15) is 0 Å². The van der Waals surface area contributed by atoms with E-state index < -0.39 is 16.4 Å². The fraction of sp³-hybridized carbons (Fsp3) is 0.500. The van der Waals surface area contributed by atoms with Crippen molar-refractivity contribution in [3.63, 3.8) is 0 Å². The molecule has 0 spiro atoms. The van der Waals surface area contributed by atoms with E-state index in [4.69, 9.17) is 33.7 Å². The van der Waals surface area contributed by atoms with Crippen molar-refractivity contribution in [2.24, 2.45) is 5.73 Å². The normalized spacial score (nSPS) is 15.4. The van der Waals surface area contributed by atoms with Crippen molar-refractivity contribution in [3.8, 4) is 0 Å². The van der Waals surface area contributed by atoms with Gasteiger partial charge in [0.15, 0.2) is 0 Å². The average Bonchev–Trinajstić information content (AvgIpc) is 2.32. The summed E-state index contributed by atoms with van der Waals surface area (Å²) in [4.78, 5) is 0.617. The molecule has 0 amide bonds. The van der Waals surface area contributed by atoms with Crippen molar-refractivity contribution in [2.45, 2.75) is 30.4 Å². The molecule has 0 bridgehead atoms. The lowest BCUT2D eigenvalue weighted by Gasteiger charge is -2.29. The van der Waals surface area contributed by atoms with Crippen LogP contribution >= 0.6 is 23.2 Å². The number of hydrogen-bond acceptors (Lipinski definition) is 3. The van der Waals surface area contributed by atoms with Crippen LogP contribution in [0.15, 0.2) is 23.1 Å². The minimum Gasteiger partial charge on any atom is -0.377 e. The molecule has 0 aliphatic heterocycles. The van der Waals surface area contributed by atoms with Crippen LogP contribution in [0.4, 0.5) is 0 Å². The van der Waals surface area contributed by atoms with Crippen LogP contribution in [0.5, 0.6) is 0 Å². The summed E-state index contributed by atoms with van der Waals surface area (Å²) in [6.07, 6.45) is 0. The molecule has 0 aliphatic carbocycles. The van der Waals surface area contributed by atoms with Crippen LogP contribution in [-0.2, 0) is 15.5 Å². The minimum atomic E-state index is -1.23. The zero-order chi connectivity index (χ0) is 13.9. The molecular formula is C12H17Cl2NO2S. The van der Waals surface area contributed by atoms with E-state index in [0.717, 1.165) is 0 Å². The Hall–Kier alpha value is -0.130. The van der Waals surface area contributed by atoms with E-state index in [0.29, 0.717) is 20.7 Å².